The number of aryl methyl sites for hydroxylation is 2. The normalized spacial score (nSPS) is 14.1. The molecule has 2 rings (SSSR count). The second-order valence-electron chi connectivity index (χ2n) is 8.06. The fourth-order valence-electron chi connectivity index (χ4n) is 3.30. The Morgan fingerprint density at radius 3 is 1.20 bits per heavy atom. The van der Waals surface area contributed by atoms with Gasteiger partial charge in [0.05, 0.1) is 13.2 Å². The molecule has 2 aromatic rings. The molecular weight excluding hydrogens is 304 g/mol. The van der Waals surface area contributed by atoms with E-state index >= 15 is 0 Å². The van der Waals surface area contributed by atoms with Crippen LogP contribution in [-0.2, 0) is 4.74 Å². The molecule has 0 saturated heterocycles. The molecule has 0 aromatic heterocycles. The van der Waals surface area contributed by atoms with Gasteiger partial charge in [0.2, 0.25) is 0 Å². The topological polar surface area (TPSA) is 9.23 Å². The second kappa shape index (κ2) is 9.20. The summed E-state index contributed by atoms with van der Waals surface area (Å²) >= 11 is 0. The van der Waals surface area contributed by atoms with Crippen molar-refractivity contribution in [3.63, 3.8) is 0 Å². The van der Waals surface area contributed by atoms with Crippen molar-refractivity contribution >= 4 is 0 Å². The summed E-state index contributed by atoms with van der Waals surface area (Å²) in [5, 5.41) is 0. The number of hydrogen-bond acceptors (Lipinski definition) is 1. The first-order valence-electron chi connectivity index (χ1n) is 9.59. The van der Waals surface area contributed by atoms with Crippen LogP contribution >= 0.6 is 0 Å². The van der Waals surface area contributed by atoms with Gasteiger partial charge in [0.1, 0.15) is 0 Å². The molecule has 2 aromatic carbocycles. The lowest BCUT2D eigenvalue weighted by atomic mass is 9.87. The third-order valence-electron chi connectivity index (χ3n) is 5.22. The van der Waals surface area contributed by atoms with Crippen molar-refractivity contribution in [1.29, 1.82) is 0 Å². The molecule has 25 heavy (non-hydrogen) atoms. The molecule has 0 heterocycles. The third kappa shape index (κ3) is 5.71. The van der Waals surface area contributed by atoms with E-state index in [1.165, 1.54) is 22.3 Å². The van der Waals surface area contributed by atoms with Crippen LogP contribution in [0, 0.1) is 25.7 Å². The van der Waals surface area contributed by atoms with E-state index in [9.17, 15) is 0 Å². The predicted molar refractivity (Wildman–Crippen MR) is 108 cm³/mol. The highest BCUT2D eigenvalue weighted by Crippen LogP contribution is 2.28. The second-order valence-corrected chi connectivity index (χ2v) is 8.06. The Labute approximate surface area is 154 Å². The van der Waals surface area contributed by atoms with Crippen molar-refractivity contribution in [2.75, 3.05) is 13.2 Å². The van der Waals surface area contributed by atoms with E-state index in [4.69, 9.17) is 4.74 Å². The van der Waals surface area contributed by atoms with Crippen molar-refractivity contribution in [2.24, 2.45) is 11.8 Å². The standard InChI is InChI=1S/C24H34O/c1-17(2)23(21-11-7-19(5)8-12-21)15-25-16-24(18(3)4)22-13-9-20(6)10-14-22/h7-14,17-18,23-24H,15-16H2,1-6H3. The molecule has 0 saturated carbocycles. The molecule has 0 N–H and O–H groups in total. The van der Waals surface area contributed by atoms with Gasteiger partial charge < -0.3 is 4.74 Å². The van der Waals surface area contributed by atoms with Crippen LogP contribution in [0.3, 0.4) is 0 Å². The highest BCUT2D eigenvalue weighted by molar-refractivity contribution is 5.26. The molecule has 136 valence electrons. The van der Waals surface area contributed by atoms with Crippen LogP contribution in [0.2, 0.25) is 0 Å². The molecule has 0 spiro atoms. The summed E-state index contributed by atoms with van der Waals surface area (Å²) in [6.07, 6.45) is 0. The minimum absolute atomic E-state index is 0.450. The first-order valence-corrected chi connectivity index (χ1v) is 9.59. The number of hydrogen-bond donors (Lipinski definition) is 0. The number of benzene rings is 2. The van der Waals surface area contributed by atoms with E-state index < -0.39 is 0 Å². The Morgan fingerprint density at radius 1 is 0.600 bits per heavy atom. The average Bonchev–Trinajstić information content (AvgIpc) is 2.57. The van der Waals surface area contributed by atoms with Crippen LogP contribution in [-0.4, -0.2) is 13.2 Å². The SMILES string of the molecule is Cc1ccc(C(COCC(c2ccc(C)cc2)C(C)C)C(C)C)cc1. The summed E-state index contributed by atoms with van der Waals surface area (Å²) in [6, 6.07) is 17.8. The molecule has 0 aliphatic heterocycles. The van der Waals surface area contributed by atoms with Crippen molar-refractivity contribution in [3.05, 3.63) is 70.8 Å². The van der Waals surface area contributed by atoms with Crippen molar-refractivity contribution in [1.82, 2.24) is 0 Å². The maximum absolute atomic E-state index is 6.25. The van der Waals surface area contributed by atoms with Gasteiger partial charge in [-0.3, -0.25) is 0 Å². The summed E-state index contributed by atoms with van der Waals surface area (Å²) in [4.78, 5) is 0. The summed E-state index contributed by atoms with van der Waals surface area (Å²) in [5.74, 6) is 2.04. The highest BCUT2D eigenvalue weighted by atomic mass is 16.5. The molecule has 1 nitrogen and oxygen atoms in total. The van der Waals surface area contributed by atoms with Gasteiger partial charge in [-0.1, -0.05) is 87.4 Å². The molecular formula is C24H34O. The molecule has 0 radical (unpaired) electrons. The Bertz CT molecular complexity index is 565. The molecule has 0 fully saturated rings. The van der Waals surface area contributed by atoms with Crippen molar-refractivity contribution in [3.8, 4) is 0 Å². The maximum Gasteiger partial charge on any atom is 0.0537 e. The van der Waals surface area contributed by atoms with Crippen LogP contribution in [0.4, 0.5) is 0 Å². The molecule has 2 unspecified atom stereocenters. The minimum atomic E-state index is 0.450. The van der Waals surface area contributed by atoms with E-state index in [1.807, 2.05) is 0 Å². The first kappa shape index (κ1) is 19.7. The Hall–Kier alpha value is -1.60. The van der Waals surface area contributed by atoms with Gasteiger partial charge in [-0.15, -0.1) is 0 Å². The summed E-state index contributed by atoms with van der Waals surface area (Å²) in [7, 11) is 0. The first-order chi connectivity index (χ1) is 11.9. The lowest BCUT2D eigenvalue weighted by Crippen LogP contribution is -2.19. The van der Waals surface area contributed by atoms with Crippen LogP contribution in [0.15, 0.2) is 48.5 Å². The monoisotopic (exact) mass is 338 g/mol. The van der Waals surface area contributed by atoms with Gasteiger partial charge in [0, 0.05) is 11.8 Å². The minimum Gasteiger partial charge on any atom is -0.380 e. The zero-order chi connectivity index (χ0) is 18.4. The van der Waals surface area contributed by atoms with Gasteiger partial charge >= 0.3 is 0 Å². The zero-order valence-electron chi connectivity index (χ0n) is 16.8. The van der Waals surface area contributed by atoms with Gasteiger partial charge in [-0.05, 0) is 36.8 Å². The lowest BCUT2D eigenvalue weighted by molar-refractivity contribution is 0.0867. The van der Waals surface area contributed by atoms with Gasteiger partial charge in [-0.25, -0.2) is 0 Å². The fraction of sp³-hybridized carbons (Fsp3) is 0.500. The average molecular weight is 339 g/mol. The molecule has 0 amide bonds. The summed E-state index contributed by atoms with van der Waals surface area (Å²) in [5.41, 5.74) is 5.40. The van der Waals surface area contributed by atoms with E-state index in [-0.39, 0.29) is 0 Å². The number of rotatable bonds is 8. The quantitative estimate of drug-likeness (QED) is 0.534. The van der Waals surface area contributed by atoms with E-state index in [0.717, 1.165) is 13.2 Å². The predicted octanol–water partition coefficient (Wildman–Crippen LogP) is 6.50. The third-order valence-corrected chi connectivity index (χ3v) is 5.22. The van der Waals surface area contributed by atoms with Crippen LogP contribution in [0.25, 0.3) is 0 Å². The number of ether oxygens (including phenoxy) is 1. The largest absolute Gasteiger partial charge is 0.380 e. The van der Waals surface area contributed by atoms with Crippen LogP contribution < -0.4 is 0 Å². The maximum atomic E-state index is 6.25. The van der Waals surface area contributed by atoms with Crippen LogP contribution in [0.1, 0.15) is 61.8 Å². The Morgan fingerprint density at radius 2 is 0.920 bits per heavy atom. The van der Waals surface area contributed by atoms with Gasteiger partial charge in [0.25, 0.3) is 0 Å². The highest BCUT2D eigenvalue weighted by Gasteiger charge is 2.20. The van der Waals surface area contributed by atoms with E-state index in [2.05, 4.69) is 90.1 Å². The Balaban J connectivity index is 2.01. The molecule has 0 aliphatic carbocycles. The van der Waals surface area contributed by atoms with E-state index in [1.54, 1.807) is 0 Å². The smallest absolute Gasteiger partial charge is 0.0537 e. The van der Waals surface area contributed by atoms with Gasteiger partial charge in [0.15, 0.2) is 0 Å². The zero-order valence-corrected chi connectivity index (χ0v) is 16.8. The van der Waals surface area contributed by atoms with Crippen molar-refractivity contribution in [2.45, 2.75) is 53.4 Å². The molecule has 0 aliphatic rings. The van der Waals surface area contributed by atoms with Crippen LogP contribution in [0.5, 0.6) is 0 Å². The Kier molecular flexibility index (Phi) is 7.25. The van der Waals surface area contributed by atoms with Crippen molar-refractivity contribution < 1.29 is 4.74 Å². The fourth-order valence-corrected chi connectivity index (χ4v) is 3.30. The summed E-state index contributed by atoms with van der Waals surface area (Å²) < 4.78 is 6.25. The van der Waals surface area contributed by atoms with E-state index in [0.29, 0.717) is 23.7 Å². The van der Waals surface area contributed by atoms with Gasteiger partial charge in [-0.2, -0.15) is 0 Å². The molecule has 1 heteroatoms. The lowest BCUT2D eigenvalue weighted by Gasteiger charge is -2.25. The summed E-state index contributed by atoms with van der Waals surface area (Å²) in [6.45, 7) is 15.0. The molecule has 2 atom stereocenters. The molecule has 0 bridgehead atoms.